The highest BCUT2D eigenvalue weighted by molar-refractivity contribution is 9.10. The van der Waals surface area contributed by atoms with Gasteiger partial charge in [0.15, 0.2) is 0 Å². The number of nitrogens with zero attached hydrogens (tertiary/aromatic N) is 2. The molecule has 158 valence electrons. The summed E-state index contributed by atoms with van der Waals surface area (Å²) in [6.07, 6.45) is 0.684. The largest absolute Gasteiger partial charge is 0.497 e. The Morgan fingerprint density at radius 2 is 1.77 bits per heavy atom. The average Bonchev–Trinajstić information content (AvgIpc) is 3.26. The van der Waals surface area contributed by atoms with E-state index in [1.807, 2.05) is 66.7 Å². The summed E-state index contributed by atoms with van der Waals surface area (Å²) in [6, 6.07) is 26.0. The van der Waals surface area contributed by atoms with Crippen molar-refractivity contribution in [1.29, 1.82) is 0 Å². The number of ether oxygens (including phenoxy) is 1. The topological polar surface area (TPSA) is 41.9 Å². The molecular weight excluding hydrogens is 472 g/mol. The first-order valence-corrected chi connectivity index (χ1v) is 12.0. The Hall–Kier alpha value is -2.57. The summed E-state index contributed by atoms with van der Waals surface area (Å²) in [5, 5.41) is 6.42. The predicted molar refractivity (Wildman–Crippen MR) is 130 cm³/mol. The molecule has 1 atom stereocenters. The Morgan fingerprint density at radius 1 is 1.06 bits per heavy atom. The molecule has 31 heavy (non-hydrogen) atoms. The van der Waals surface area contributed by atoms with Gasteiger partial charge in [0, 0.05) is 16.6 Å². The molecule has 0 spiro atoms. The molecule has 1 aliphatic rings. The van der Waals surface area contributed by atoms with E-state index in [0.717, 1.165) is 32.8 Å². The van der Waals surface area contributed by atoms with Gasteiger partial charge < -0.3 is 4.74 Å². The summed E-state index contributed by atoms with van der Waals surface area (Å²) in [4.78, 5) is 13.1. The molecule has 3 aromatic rings. The summed E-state index contributed by atoms with van der Waals surface area (Å²) in [5.74, 6) is 2.01. The average molecular weight is 495 g/mol. The van der Waals surface area contributed by atoms with Crippen LogP contribution in [0.5, 0.6) is 5.75 Å². The fourth-order valence-electron chi connectivity index (χ4n) is 3.54. The third kappa shape index (κ3) is 5.38. The van der Waals surface area contributed by atoms with Gasteiger partial charge in [-0.1, -0.05) is 70.5 Å². The molecule has 1 amide bonds. The van der Waals surface area contributed by atoms with Crippen LogP contribution in [0.25, 0.3) is 0 Å². The number of carbonyl (C=O) groups excluding carboxylic acids is 1. The molecular formula is C25H23BrN2O2S. The number of methoxy groups -OCH3 is 1. The van der Waals surface area contributed by atoms with Crippen LogP contribution in [0.1, 0.15) is 29.2 Å². The Kier molecular flexibility index (Phi) is 7.10. The molecule has 0 N–H and O–H groups in total. The van der Waals surface area contributed by atoms with Gasteiger partial charge in [-0.25, -0.2) is 5.01 Å². The fraction of sp³-hybridized carbons (Fsp3) is 0.200. The molecule has 0 aromatic heterocycles. The zero-order chi connectivity index (χ0) is 21.6. The van der Waals surface area contributed by atoms with Crippen molar-refractivity contribution in [3.63, 3.8) is 0 Å². The molecule has 1 aliphatic heterocycles. The molecule has 3 aromatic carbocycles. The lowest BCUT2D eigenvalue weighted by molar-refractivity contribution is -0.130. The minimum atomic E-state index is -0.116. The zero-order valence-electron chi connectivity index (χ0n) is 17.2. The van der Waals surface area contributed by atoms with Crippen molar-refractivity contribution in [3.05, 3.63) is 100 Å². The van der Waals surface area contributed by atoms with Crippen LogP contribution in [0.2, 0.25) is 0 Å². The van der Waals surface area contributed by atoms with Crippen LogP contribution in [0.3, 0.4) is 0 Å². The van der Waals surface area contributed by atoms with E-state index >= 15 is 0 Å². The predicted octanol–water partition coefficient (Wildman–Crippen LogP) is 6.07. The lowest BCUT2D eigenvalue weighted by Gasteiger charge is -2.22. The molecule has 0 saturated carbocycles. The molecule has 1 heterocycles. The van der Waals surface area contributed by atoms with Gasteiger partial charge in [0.1, 0.15) is 5.75 Å². The van der Waals surface area contributed by atoms with Crippen LogP contribution < -0.4 is 4.74 Å². The van der Waals surface area contributed by atoms with E-state index in [2.05, 4.69) is 28.1 Å². The van der Waals surface area contributed by atoms with E-state index in [4.69, 9.17) is 9.84 Å². The van der Waals surface area contributed by atoms with E-state index in [1.54, 1.807) is 23.9 Å². The number of thioether (sulfide) groups is 1. The number of rotatable bonds is 7. The molecule has 0 saturated heterocycles. The lowest BCUT2D eigenvalue weighted by atomic mass is 9.98. The van der Waals surface area contributed by atoms with E-state index < -0.39 is 0 Å². The lowest BCUT2D eigenvalue weighted by Crippen LogP contribution is -2.28. The molecule has 4 rings (SSSR count). The van der Waals surface area contributed by atoms with Gasteiger partial charge in [0.05, 0.1) is 24.6 Å². The van der Waals surface area contributed by atoms with Gasteiger partial charge >= 0.3 is 0 Å². The standard InChI is InChI=1S/C25H23BrN2O2S/c1-30-22-13-9-20(10-14-22)24-15-23(19-7-11-21(26)12-8-19)27-28(24)25(29)17-31-16-18-5-3-2-4-6-18/h2-14,24H,15-17H2,1H3/t24-/m0/s1. The van der Waals surface area contributed by atoms with Gasteiger partial charge in [-0.15, -0.1) is 11.8 Å². The first kappa shape index (κ1) is 21.7. The van der Waals surface area contributed by atoms with Crippen LogP contribution in [0.15, 0.2) is 88.4 Å². The molecule has 0 fully saturated rings. The van der Waals surface area contributed by atoms with Gasteiger partial charge in [-0.05, 0) is 41.0 Å². The van der Waals surface area contributed by atoms with Gasteiger partial charge in [-0.3, -0.25) is 4.79 Å². The van der Waals surface area contributed by atoms with E-state index in [0.29, 0.717) is 12.2 Å². The maximum Gasteiger partial charge on any atom is 0.253 e. The number of halogens is 1. The van der Waals surface area contributed by atoms with Crippen molar-refractivity contribution in [1.82, 2.24) is 5.01 Å². The highest BCUT2D eigenvalue weighted by Crippen LogP contribution is 2.34. The second-order valence-electron chi connectivity index (χ2n) is 7.26. The van der Waals surface area contributed by atoms with Crippen LogP contribution in [0, 0.1) is 0 Å². The number of hydrogen-bond acceptors (Lipinski definition) is 4. The van der Waals surface area contributed by atoms with Crippen molar-refractivity contribution in [2.75, 3.05) is 12.9 Å². The second kappa shape index (κ2) is 10.2. The highest BCUT2D eigenvalue weighted by Gasteiger charge is 2.32. The third-order valence-corrected chi connectivity index (χ3v) is 6.70. The quantitative estimate of drug-likeness (QED) is 0.400. The summed E-state index contributed by atoms with van der Waals surface area (Å²) in [7, 11) is 1.65. The normalized spacial score (nSPS) is 15.6. The Bertz CT molecular complexity index is 1050. The highest BCUT2D eigenvalue weighted by atomic mass is 79.9. The molecule has 0 unspecified atom stereocenters. The number of benzene rings is 3. The molecule has 0 aliphatic carbocycles. The smallest absolute Gasteiger partial charge is 0.253 e. The maximum atomic E-state index is 13.1. The Balaban J connectivity index is 1.52. The third-order valence-electron chi connectivity index (χ3n) is 5.18. The van der Waals surface area contributed by atoms with Crippen molar-refractivity contribution in [3.8, 4) is 5.75 Å². The van der Waals surface area contributed by atoms with Crippen LogP contribution in [0.4, 0.5) is 0 Å². The minimum Gasteiger partial charge on any atom is -0.497 e. The Labute approximate surface area is 195 Å². The first-order valence-electron chi connectivity index (χ1n) is 10.0. The number of hydrogen-bond donors (Lipinski definition) is 0. The second-order valence-corrected chi connectivity index (χ2v) is 9.16. The summed E-state index contributed by atoms with van der Waals surface area (Å²) < 4.78 is 6.31. The monoisotopic (exact) mass is 494 g/mol. The minimum absolute atomic E-state index is 0.0221. The van der Waals surface area contributed by atoms with E-state index in [-0.39, 0.29) is 11.9 Å². The molecule has 0 bridgehead atoms. The first-order chi connectivity index (χ1) is 15.1. The summed E-state index contributed by atoms with van der Waals surface area (Å²) >= 11 is 5.10. The van der Waals surface area contributed by atoms with Crippen molar-refractivity contribution < 1.29 is 9.53 Å². The molecule has 6 heteroatoms. The van der Waals surface area contributed by atoms with Gasteiger partial charge in [-0.2, -0.15) is 5.10 Å². The SMILES string of the molecule is COc1ccc([C@@H]2CC(c3ccc(Br)cc3)=NN2C(=O)CSCc2ccccc2)cc1. The number of carbonyl (C=O) groups is 1. The Morgan fingerprint density at radius 3 is 2.45 bits per heavy atom. The van der Waals surface area contributed by atoms with Crippen LogP contribution >= 0.6 is 27.7 Å². The number of hydrazone groups is 1. The van der Waals surface area contributed by atoms with E-state index in [9.17, 15) is 4.79 Å². The zero-order valence-corrected chi connectivity index (χ0v) is 19.6. The van der Waals surface area contributed by atoms with Gasteiger partial charge in [0.2, 0.25) is 0 Å². The maximum absolute atomic E-state index is 13.1. The molecule has 4 nitrogen and oxygen atoms in total. The van der Waals surface area contributed by atoms with Crippen molar-refractivity contribution in [2.24, 2.45) is 5.10 Å². The van der Waals surface area contributed by atoms with Crippen molar-refractivity contribution in [2.45, 2.75) is 18.2 Å². The molecule has 0 radical (unpaired) electrons. The van der Waals surface area contributed by atoms with Crippen LogP contribution in [-0.2, 0) is 10.5 Å². The van der Waals surface area contributed by atoms with Crippen molar-refractivity contribution >= 4 is 39.3 Å². The van der Waals surface area contributed by atoms with Crippen LogP contribution in [-0.4, -0.2) is 29.5 Å². The van der Waals surface area contributed by atoms with E-state index in [1.165, 1.54) is 5.56 Å². The fourth-order valence-corrected chi connectivity index (χ4v) is 4.64. The summed E-state index contributed by atoms with van der Waals surface area (Å²) in [5.41, 5.74) is 4.23. The number of amides is 1. The van der Waals surface area contributed by atoms with Gasteiger partial charge in [0.25, 0.3) is 5.91 Å². The summed E-state index contributed by atoms with van der Waals surface area (Å²) in [6.45, 7) is 0.